The van der Waals surface area contributed by atoms with E-state index < -0.39 is 21.7 Å². The normalized spacial score (nSPS) is 20.5. The molecule has 1 N–H and O–H groups in total. The molecule has 0 radical (unpaired) electrons. The fourth-order valence-corrected chi connectivity index (χ4v) is 4.33. The van der Waals surface area contributed by atoms with Gasteiger partial charge in [-0.1, -0.05) is 5.73 Å². The number of ether oxygens (including phenoxy) is 1. The van der Waals surface area contributed by atoms with Crippen LogP contribution in [0.2, 0.25) is 0 Å². The van der Waals surface area contributed by atoms with Crippen molar-refractivity contribution in [1.29, 1.82) is 0 Å². The third-order valence-electron chi connectivity index (χ3n) is 3.99. The summed E-state index contributed by atoms with van der Waals surface area (Å²) in [6, 6.07) is 4.63. The van der Waals surface area contributed by atoms with Crippen LogP contribution < -0.4 is 5.32 Å². The van der Waals surface area contributed by atoms with Crippen LogP contribution in [0.5, 0.6) is 0 Å². The number of rotatable bonds is 4. The highest BCUT2D eigenvalue weighted by molar-refractivity contribution is 7.93. The van der Waals surface area contributed by atoms with Crippen LogP contribution in [0.4, 0.5) is 4.39 Å². The summed E-state index contributed by atoms with van der Waals surface area (Å²) in [5, 5.41) is 2.56. The van der Waals surface area contributed by atoms with E-state index in [1.54, 1.807) is 6.92 Å². The van der Waals surface area contributed by atoms with E-state index in [9.17, 15) is 17.6 Å². The second-order valence-corrected chi connectivity index (χ2v) is 7.67. The van der Waals surface area contributed by atoms with Crippen molar-refractivity contribution in [2.45, 2.75) is 13.0 Å². The molecular weight excluding hydrogens is 359 g/mol. The molecule has 1 saturated heterocycles. The molecule has 1 atom stereocenters. The molecule has 0 spiro atoms. The monoisotopic (exact) mass is 376 g/mol. The summed E-state index contributed by atoms with van der Waals surface area (Å²) < 4.78 is 45.6. The summed E-state index contributed by atoms with van der Waals surface area (Å²) in [6.45, 7) is 2.57. The Balaban J connectivity index is 1.86. The first-order chi connectivity index (χ1) is 12.4. The van der Waals surface area contributed by atoms with Gasteiger partial charge in [0.1, 0.15) is 5.82 Å². The molecule has 1 aromatic carbocycles. The molecule has 26 heavy (non-hydrogen) atoms. The molecule has 1 amide bonds. The molecule has 1 fully saturated rings. The Labute approximate surface area is 151 Å². The number of morpholine rings is 1. The van der Waals surface area contributed by atoms with Crippen LogP contribution in [0.1, 0.15) is 17.3 Å². The second kappa shape index (κ2) is 7.41. The van der Waals surface area contributed by atoms with Crippen molar-refractivity contribution >= 4 is 15.9 Å². The number of sulfonamides is 1. The first-order valence-corrected chi connectivity index (χ1v) is 9.42. The first-order valence-electron chi connectivity index (χ1n) is 7.98. The average Bonchev–Trinajstić information content (AvgIpc) is 2.63. The molecule has 8 heteroatoms. The van der Waals surface area contributed by atoms with Gasteiger partial charge in [0.25, 0.3) is 15.9 Å². The minimum absolute atomic E-state index is 0.0942. The highest BCUT2D eigenvalue weighted by Crippen LogP contribution is 2.24. The van der Waals surface area contributed by atoms with Gasteiger partial charge in [-0.05, 0) is 49.1 Å². The Hall–Kier alpha value is -2.47. The van der Waals surface area contributed by atoms with Gasteiger partial charge in [0.15, 0.2) is 4.91 Å². The molecule has 0 aromatic heterocycles. The highest BCUT2D eigenvalue weighted by Gasteiger charge is 2.35. The van der Waals surface area contributed by atoms with Crippen molar-refractivity contribution in [3.05, 3.63) is 69.9 Å². The van der Waals surface area contributed by atoms with E-state index in [1.165, 1.54) is 28.6 Å². The maximum absolute atomic E-state index is 13.0. The number of nitrogens with one attached hydrogen (secondary N) is 1. The summed E-state index contributed by atoms with van der Waals surface area (Å²) in [5.41, 5.74) is 5.51. The van der Waals surface area contributed by atoms with E-state index in [1.807, 2.05) is 0 Å². The Bertz CT molecular complexity index is 953. The average molecular weight is 376 g/mol. The third kappa shape index (κ3) is 3.70. The van der Waals surface area contributed by atoms with Gasteiger partial charge in [-0.3, -0.25) is 4.79 Å². The van der Waals surface area contributed by atoms with E-state index in [2.05, 4.69) is 16.8 Å². The van der Waals surface area contributed by atoms with Gasteiger partial charge in [-0.15, -0.1) is 0 Å². The molecule has 136 valence electrons. The molecule has 2 aliphatic rings. The van der Waals surface area contributed by atoms with E-state index in [-0.39, 0.29) is 28.8 Å². The Morgan fingerprint density at radius 3 is 2.77 bits per heavy atom. The van der Waals surface area contributed by atoms with Crippen LogP contribution in [0.15, 0.2) is 58.5 Å². The first kappa shape index (κ1) is 18.3. The number of hydrogen-bond acceptors (Lipinski definition) is 4. The largest absolute Gasteiger partial charge is 0.378 e. The SMILES string of the molecule is CC1COCCN1S(=O)(=O)C1=C=C=CC=C1NC(=O)c1ccc(F)cc1. The van der Waals surface area contributed by atoms with Gasteiger partial charge in [0.2, 0.25) is 0 Å². The van der Waals surface area contributed by atoms with Crippen LogP contribution in [0.25, 0.3) is 0 Å². The van der Waals surface area contributed by atoms with Crippen molar-refractivity contribution in [3.8, 4) is 0 Å². The van der Waals surface area contributed by atoms with Gasteiger partial charge in [-0.2, -0.15) is 4.31 Å². The van der Waals surface area contributed by atoms with Crippen LogP contribution >= 0.6 is 0 Å². The molecule has 1 heterocycles. The van der Waals surface area contributed by atoms with E-state index >= 15 is 0 Å². The predicted octanol–water partition coefficient (Wildman–Crippen LogP) is 1.70. The minimum Gasteiger partial charge on any atom is -0.378 e. The van der Waals surface area contributed by atoms with Crippen molar-refractivity contribution in [2.24, 2.45) is 0 Å². The lowest BCUT2D eigenvalue weighted by molar-refractivity contribution is 0.0397. The van der Waals surface area contributed by atoms with Gasteiger partial charge in [-0.25, -0.2) is 12.8 Å². The topological polar surface area (TPSA) is 75.7 Å². The van der Waals surface area contributed by atoms with Crippen molar-refractivity contribution in [2.75, 3.05) is 19.8 Å². The molecule has 3 rings (SSSR count). The Morgan fingerprint density at radius 1 is 1.35 bits per heavy atom. The van der Waals surface area contributed by atoms with Crippen LogP contribution in [0.3, 0.4) is 0 Å². The maximum atomic E-state index is 13.0. The van der Waals surface area contributed by atoms with Crippen molar-refractivity contribution in [1.82, 2.24) is 9.62 Å². The van der Waals surface area contributed by atoms with E-state index in [4.69, 9.17) is 4.74 Å². The smallest absolute Gasteiger partial charge is 0.255 e. The summed E-state index contributed by atoms with van der Waals surface area (Å²) in [5.74, 6) is -1.01. The quantitative estimate of drug-likeness (QED) is 0.812. The molecule has 1 aliphatic heterocycles. The Kier molecular flexibility index (Phi) is 5.23. The number of carbonyl (C=O) groups is 1. The highest BCUT2D eigenvalue weighted by atomic mass is 32.2. The summed E-state index contributed by atoms with van der Waals surface area (Å²) in [4.78, 5) is 12.2. The lowest BCUT2D eigenvalue weighted by atomic mass is 10.2. The fraction of sp³-hybridized carbons (Fsp3) is 0.278. The molecule has 0 bridgehead atoms. The number of benzene rings is 1. The molecule has 1 aliphatic carbocycles. The van der Waals surface area contributed by atoms with E-state index in [0.29, 0.717) is 13.2 Å². The van der Waals surface area contributed by atoms with E-state index in [0.717, 1.165) is 12.1 Å². The number of halogens is 1. The summed E-state index contributed by atoms with van der Waals surface area (Å²) in [6.07, 6.45) is 2.90. The maximum Gasteiger partial charge on any atom is 0.255 e. The number of nitrogens with zero attached hydrogens (tertiary/aromatic N) is 1. The zero-order valence-electron chi connectivity index (χ0n) is 14.0. The number of hydrogen-bond donors (Lipinski definition) is 1. The lowest BCUT2D eigenvalue weighted by Crippen LogP contribution is -2.48. The van der Waals surface area contributed by atoms with Crippen molar-refractivity contribution < 1.29 is 22.3 Å². The lowest BCUT2D eigenvalue weighted by Gasteiger charge is -2.32. The minimum atomic E-state index is -3.88. The number of carbonyl (C=O) groups excluding carboxylic acids is 1. The molecule has 6 nitrogen and oxygen atoms in total. The van der Waals surface area contributed by atoms with Gasteiger partial charge >= 0.3 is 0 Å². The second-order valence-electron chi connectivity index (χ2n) is 5.85. The molecular formula is C18H17FN2O4S. The molecule has 1 unspecified atom stereocenters. The van der Waals surface area contributed by atoms with Crippen LogP contribution in [-0.2, 0) is 14.8 Å². The summed E-state index contributed by atoms with van der Waals surface area (Å²) >= 11 is 0. The zero-order valence-corrected chi connectivity index (χ0v) is 14.8. The standard InChI is InChI=1S/C18H17FN2O4S/c1-13-12-25-11-10-21(13)26(23,24)17-5-3-2-4-16(17)20-18(22)14-6-8-15(19)9-7-14/h2,4,6-9,13H,10-12H2,1H3,(H,20,22). The van der Waals surface area contributed by atoms with Gasteiger partial charge in [0.05, 0.1) is 18.9 Å². The van der Waals surface area contributed by atoms with Crippen molar-refractivity contribution in [3.63, 3.8) is 0 Å². The predicted molar refractivity (Wildman–Crippen MR) is 93.0 cm³/mol. The van der Waals surface area contributed by atoms with Crippen LogP contribution in [0, 0.1) is 5.82 Å². The Morgan fingerprint density at radius 2 is 2.08 bits per heavy atom. The van der Waals surface area contributed by atoms with Gasteiger partial charge in [0, 0.05) is 18.2 Å². The van der Waals surface area contributed by atoms with Crippen LogP contribution in [-0.4, -0.2) is 44.4 Å². The van der Waals surface area contributed by atoms with Gasteiger partial charge < -0.3 is 10.1 Å². The summed E-state index contributed by atoms with van der Waals surface area (Å²) in [7, 11) is -3.88. The zero-order chi connectivity index (χ0) is 18.7. The molecule has 1 aromatic rings. The number of allylic oxidation sites excluding steroid dienone is 2. The third-order valence-corrected chi connectivity index (χ3v) is 5.99. The number of amides is 1. The molecule has 0 saturated carbocycles. The fourth-order valence-electron chi connectivity index (χ4n) is 2.66.